The minimum Gasteiger partial charge on any atom is -0.341 e. The van der Waals surface area contributed by atoms with E-state index in [1.165, 1.54) is 24.6 Å². The molecule has 7 nitrogen and oxygen atoms in total. The van der Waals surface area contributed by atoms with Crippen LogP contribution < -0.4 is 10.2 Å². The van der Waals surface area contributed by atoms with E-state index in [4.69, 9.17) is 16.9 Å². The van der Waals surface area contributed by atoms with E-state index >= 15 is 0 Å². The molecule has 1 amide bonds. The Kier molecular flexibility index (Phi) is 5.23. The van der Waals surface area contributed by atoms with Gasteiger partial charge in [0.15, 0.2) is 5.16 Å². The van der Waals surface area contributed by atoms with E-state index in [9.17, 15) is 4.79 Å². The molecule has 1 aliphatic heterocycles. The largest absolute Gasteiger partial charge is 0.341 e. The third kappa shape index (κ3) is 4.04. The number of nitrogens with zero attached hydrogens (tertiary/aromatic N) is 5. The number of aromatic nitrogens is 3. The molecule has 0 bridgehead atoms. The van der Waals surface area contributed by atoms with Crippen molar-refractivity contribution in [3.05, 3.63) is 28.8 Å². The van der Waals surface area contributed by atoms with E-state index in [0.29, 0.717) is 22.3 Å². The third-order valence-corrected chi connectivity index (χ3v) is 5.91. The zero-order valence-electron chi connectivity index (χ0n) is 14.7. The summed E-state index contributed by atoms with van der Waals surface area (Å²) in [5, 5.41) is 21.6. The molecule has 27 heavy (non-hydrogen) atoms. The highest BCUT2D eigenvalue weighted by atomic mass is 35.5. The number of hydrogen-bond acceptors (Lipinski definition) is 6. The van der Waals surface area contributed by atoms with E-state index in [1.807, 2.05) is 6.07 Å². The molecule has 2 heterocycles. The van der Waals surface area contributed by atoms with Crippen molar-refractivity contribution in [1.82, 2.24) is 14.8 Å². The van der Waals surface area contributed by atoms with Crippen LogP contribution in [0.3, 0.4) is 0 Å². The lowest BCUT2D eigenvalue weighted by atomic mass is 10.2. The molecule has 1 aromatic carbocycles. The Bertz CT molecular complexity index is 898. The summed E-state index contributed by atoms with van der Waals surface area (Å²) in [5.74, 6) is 1.04. The fourth-order valence-corrected chi connectivity index (χ4v) is 4.19. The number of halogens is 1. The number of rotatable bonds is 6. The fourth-order valence-electron chi connectivity index (χ4n) is 3.16. The number of nitrogens with one attached hydrogen (secondary N) is 1. The predicted octanol–water partition coefficient (Wildman–Crippen LogP) is 3.47. The van der Waals surface area contributed by atoms with Crippen LogP contribution in [0.15, 0.2) is 23.4 Å². The standard InChI is InChI=1S/C18H19ClN6OS/c19-15-9-13(4-3-12(15)10-20)21-16(26)11-27-18-23-22-17(24-7-1-2-8-24)25(18)14-5-6-14/h3-4,9,14H,1-2,5-8,11H2,(H,21,26). The molecule has 1 N–H and O–H groups in total. The predicted molar refractivity (Wildman–Crippen MR) is 105 cm³/mol. The quantitative estimate of drug-likeness (QED) is 0.744. The maximum Gasteiger partial charge on any atom is 0.234 e. The van der Waals surface area contributed by atoms with Gasteiger partial charge in [-0.25, -0.2) is 0 Å². The molecular weight excluding hydrogens is 384 g/mol. The highest BCUT2D eigenvalue weighted by molar-refractivity contribution is 7.99. The molecule has 1 saturated carbocycles. The lowest BCUT2D eigenvalue weighted by molar-refractivity contribution is -0.113. The van der Waals surface area contributed by atoms with Gasteiger partial charge in [0, 0.05) is 24.8 Å². The van der Waals surface area contributed by atoms with Crippen molar-refractivity contribution in [2.24, 2.45) is 0 Å². The molecule has 1 aliphatic carbocycles. The van der Waals surface area contributed by atoms with Crippen LogP contribution in [0.25, 0.3) is 0 Å². The van der Waals surface area contributed by atoms with Crippen LogP contribution in [-0.4, -0.2) is 39.5 Å². The minimum absolute atomic E-state index is 0.145. The van der Waals surface area contributed by atoms with Gasteiger partial charge in [0.25, 0.3) is 0 Å². The first kappa shape index (κ1) is 18.1. The monoisotopic (exact) mass is 402 g/mol. The van der Waals surface area contributed by atoms with Crippen molar-refractivity contribution >= 4 is 40.9 Å². The summed E-state index contributed by atoms with van der Waals surface area (Å²) in [4.78, 5) is 14.6. The first-order valence-corrected chi connectivity index (χ1v) is 10.3. The molecule has 0 radical (unpaired) electrons. The van der Waals surface area contributed by atoms with E-state index in [1.54, 1.807) is 18.2 Å². The Morgan fingerprint density at radius 1 is 1.33 bits per heavy atom. The van der Waals surface area contributed by atoms with E-state index in [0.717, 1.165) is 37.0 Å². The summed E-state index contributed by atoms with van der Waals surface area (Å²) in [7, 11) is 0. The summed E-state index contributed by atoms with van der Waals surface area (Å²) in [6.45, 7) is 2.05. The van der Waals surface area contributed by atoms with Crippen molar-refractivity contribution in [1.29, 1.82) is 5.26 Å². The normalized spacial score (nSPS) is 16.4. The lowest BCUT2D eigenvalue weighted by Crippen LogP contribution is -2.22. The molecule has 9 heteroatoms. The lowest BCUT2D eigenvalue weighted by Gasteiger charge is -2.17. The average molecular weight is 403 g/mol. The van der Waals surface area contributed by atoms with Crippen molar-refractivity contribution in [2.45, 2.75) is 36.9 Å². The smallest absolute Gasteiger partial charge is 0.234 e. The van der Waals surface area contributed by atoms with Gasteiger partial charge in [-0.2, -0.15) is 5.26 Å². The number of benzene rings is 1. The zero-order chi connectivity index (χ0) is 18.8. The molecule has 0 atom stereocenters. The number of carbonyl (C=O) groups is 1. The van der Waals surface area contributed by atoms with Gasteiger partial charge in [-0.15, -0.1) is 10.2 Å². The molecule has 140 valence electrons. The Morgan fingerprint density at radius 2 is 2.11 bits per heavy atom. The maximum atomic E-state index is 12.3. The van der Waals surface area contributed by atoms with Gasteiger partial charge in [0.1, 0.15) is 6.07 Å². The molecule has 0 spiro atoms. The second kappa shape index (κ2) is 7.79. The van der Waals surface area contributed by atoms with Crippen molar-refractivity contribution in [3.63, 3.8) is 0 Å². The summed E-state index contributed by atoms with van der Waals surface area (Å²) >= 11 is 7.41. The van der Waals surface area contributed by atoms with Crippen LogP contribution in [-0.2, 0) is 4.79 Å². The van der Waals surface area contributed by atoms with Crippen molar-refractivity contribution < 1.29 is 4.79 Å². The fraction of sp³-hybridized carbons (Fsp3) is 0.444. The molecule has 1 saturated heterocycles. The number of thioether (sulfide) groups is 1. The maximum absolute atomic E-state index is 12.3. The van der Waals surface area contributed by atoms with E-state index in [2.05, 4.69) is 25.0 Å². The average Bonchev–Trinajstić information content (AvgIpc) is 3.18. The topological polar surface area (TPSA) is 86.8 Å². The SMILES string of the molecule is N#Cc1ccc(NC(=O)CSc2nnc(N3CCCC3)n2C2CC2)cc1Cl. The summed E-state index contributed by atoms with van der Waals surface area (Å²) in [6, 6.07) is 7.31. The Balaban J connectivity index is 1.40. The molecule has 2 aliphatic rings. The third-order valence-electron chi connectivity index (χ3n) is 4.65. The number of anilines is 2. The minimum atomic E-state index is -0.145. The highest BCUT2D eigenvalue weighted by Crippen LogP contribution is 2.41. The van der Waals surface area contributed by atoms with E-state index in [-0.39, 0.29) is 11.7 Å². The number of amides is 1. The van der Waals surface area contributed by atoms with Gasteiger partial charge in [0.2, 0.25) is 11.9 Å². The molecule has 2 fully saturated rings. The first-order chi connectivity index (χ1) is 13.2. The molecular formula is C18H19ClN6OS. The highest BCUT2D eigenvalue weighted by Gasteiger charge is 2.32. The van der Waals surface area contributed by atoms with Gasteiger partial charge in [-0.3, -0.25) is 9.36 Å². The van der Waals surface area contributed by atoms with E-state index < -0.39 is 0 Å². The first-order valence-electron chi connectivity index (χ1n) is 8.98. The number of nitriles is 1. The van der Waals surface area contributed by atoms with Crippen molar-refractivity contribution in [3.8, 4) is 6.07 Å². The van der Waals surface area contributed by atoms with Crippen LogP contribution in [0.4, 0.5) is 11.6 Å². The Hall–Kier alpha value is -2.24. The van der Waals surface area contributed by atoms with Crippen LogP contribution >= 0.6 is 23.4 Å². The number of hydrogen-bond donors (Lipinski definition) is 1. The van der Waals surface area contributed by atoms with Crippen molar-refractivity contribution in [2.75, 3.05) is 29.1 Å². The summed E-state index contributed by atoms with van der Waals surface area (Å²) < 4.78 is 2.20. The molecule has 0 unspecified atom stereocenters. The Labute approximate surface area is 166 Å². The van der Waals surface area contributed by atoms with Crippen LogP contribution in [0.1, 0.15) is 37.3 Å². The van der Waals surface area contributed by atoms with Gasteiger partial charge < -0.3 is 10.2 Å². The second-order valence-corrected chi connectivity index (χ2v) is 8.07. The summed E-state index contributed by atoms with van der Waals surface area (Å²) in [5.41, 5.74) is 0.960. The summed E-state index contributed by atoms with van der Waals surface area (Å²) in [6.07, 6.45) is 4.66. The van der Waals surface area contributed by atoms with Gasteiger partial charge >= 0.3 is 0 Å². The zero-order valence-corrected chi connectivity index (χ0v) is 16.3. The Morgan fingerprint density at radius 3 is 2.78 bits per heavy atom. The van der Waals surface area contributed by atoms with Gasteiger partial charge in [-0.1, -0.05) is 23.4 Å². The van der Waals surface area contributed by atoms with Crippen LogP contribution in [0.5, 0.6) is 0 Å². The van der Waals surface area contributed by atoms with Crippen LogP contribution in [0.2, 0.25) is 5.02 Å². The number of carbonyl (C=O) groups excluding carboxylic acids is 1. The van der Waals surface area contributed by atoms with Gasteiger partial charge in [0.05, 0.1) is 16.3 Å². The second-order valence-electron chi connectivity index (χ2n) is 6.72. The molecule has 4 rings (SSSR count). The van der Waals surface area contributed by atoms with Gasteiger partial charge in [-0.05, 0) is 43.9 Å². The van der Waals surface area contributed by atoms with Crippen LogP contribution in [0, 0.1) is 11.3 Å². The molecule has 1 aromatic heterocycles. The molecule has 2 aromatic rings.